The topological polar surface area (TPSA) is 41.1 Å². The summed E-state index contributed by atoms with van der Waals surface area (Å²) in [4.78, 5) is 11.8. The van der Waals surface area contributed by atoms with Crippen molar-refractivity contribution < 1.29 is 9.18 Å². The van der Waals surface area contributed by atoms with E-state index in [-0.39, 0.29) is 17.6 Å². The molecule has 1 amide bonds. The average molecular weight is 275 g/mol. The van der Waals surface area contributed by atoms with Crippen LogP contribution in [0.15, 0.2) is 18.2 Å². The molecule has 2 rings (SSSR count). The zero-order valence-electron chi connectivity index (χ0n) is 9.00. The maximum atomic E-state index is 13.5. The van der Waals surface area contributed by atoms with E-state index in [1.807, 2.05) is 0 Å². The van der Waals surface area contributed by atoms with E-state index >= 15 is 0 Å². The fourth-order valence-corrected chi connectivity index (χ4v) is 2.64. The predicted octanol–water partition coefficient (Wildman–Crippen LogP) is 2.12. The summed E-state index contributed by atoms with van der Waals surface area (Å²) in [6, 6.07) is 3.93. The summed E-state index contributed by atoms with van der Waals surface area (Å²) in [6.45, 7) is 0.797. The molecule has 1 saturated heterocycles. The van der Waals surface area contributed by atoms with Crippen LogP contribution in [0.1, 0.15) is 0 Å². The second-order valence-electron chi connectivity index (χ2n) is 3.70. The highest BCUT2D eigenvalue weighted by atomic mass is 35.5. The van der Waals surface area contributed by atoms with Gasteiger partial charge in [-0.2, -0.15) is 11.8 Å². The van der Waals surface area contributed by atoms with E-state index in [0.29, 0.717) is 10.8 Å². The fraction of sp³-hybridized carbons (Fsp3) is 0.364. The van der Waals surface area contributed by atoms with Gasteiger partial charge in [-0.15, -0.1) is 0 Å². The van der Waals surface area contributed by atoms with Gasteiger partial charge in [0.2, 0.25) is 5.91 Å². The molecule has 0 bridgehead atoms. The first-order valence-corrected chi connectivity index (χ1v) is 6.77. The third-order valence-electron chi connectivity index (χ3n) is 2.43. The third kappa shape index (κ3) is 3.34. The number of carbonyl (C=O) groups is 1. The summed E-state index contributed by atoms with van der Waals surface area (Å²) >= 11 is 7.34. The highest BCUT2D eigenvalue weighted by Gasteiger charge is 2.21. The molecular formula is C11H12ClFN2OS. The van der Waals surface area contributed by atoms with E-state index in [2.05, 4.69) is 10.6 Å². The van der Waals surface area contributed by atoms with Crippen molar-refractivity contribution in [2.45, 2.75) is 6.04 Å². The minimum Gasteiger partial charge on any atom is -0.322 e. The second-order valence-corrected chi connectivity index (χ2v) is 5.28. The minimum absolute atomic E-state index is 0.164. The van der Waals surface area contributed by atoms with Crippen molar-refractivity contribution in [2.75, 3.05) is 23.4 Å². The van der Waals surface area contributed by atoms with Crippen LogP contribution in [0, 0.1) is 5.82 Å². The van der Waals surface area contributed by atoms with Crippen molar-refractivity contribution in [3.8, 4) is 0 Å². The molecule has 2 N–H and O–H groups in total. The van der Waals surface area contributed by atoms with Gasteiger partial charge in [0.1, 0.15) is 5.82 Å². The molecule has 1 atom stereocenters. The molecule has 1 aromatic rings. The van der Waals surface area contributed by atoms with Gasteiger partial charge in [-0.3, -0.25) is 4.79 Å². The zero-order valence-corrected chi connectivity index (χ0v) is 10.6. The number of benzene rings is 1. The van der Waals surface area contributed by atoms with Crippen LogP contribution >= 0.6 is 23.4 Å². The number of amides is 1. The Morgan fingerprint density at radius 3 is 3.06 bits per heavy atom. The number of rotatable bonds is 2. The second kappa shape index (κ2) is 5.71. The maximum absolute atomic E-state index is 13.5. The van der Waals surface area contributed by atoms with Crippen molar-refractivity contribution in [1.29, 1.82) is 0 Å². The molecule has 1 aromatic carbocycles. The van der Waals surface area contributed by atoms with Crippen LogP contribution in [0.25, 0.3) is 0 Å². The Morgan fingerprint density at radius 1 is 1.59 bits per heavy atom. The van der Waals surface area contributed by atoms with Crippen LogP contribution < -0.4 is 10.6 Å². The SMILES string of the molecule is O=C(Nc1ccc(Cl)cc1F)C1CSCCN1. The molecule has 0 radical (unpaired) electrons. The largest absolute Gasteiger partial charge is 0.322 e. The Balaban J connectivity index is 2.02. The van der Waals surface area contributed by atoms with Gasteiger partial charge in [0.15, 0.2) is 0 Å². The first-order valence-electron chi connectivity index (χ1n) is 5.24. The van der Waals surface area contributed by atoms with Crippen molar-refractivity contribution in [3.05, 3.63) is 29.0 Å². The monoisotopic (exact) mass is 274 g/mol. The van der Waals surface area contributed by atoms with Crippen molar-refractivity contribution in [2.24, 2.45) is 0 Å². The molecule has 1 heterocycles. The zero-order chi connectivity index (χ0) is 12.3. The Bertz CT molecular complexity index is 424. The number of hydrogen-bond donors (Lipinski definition) is 2. The normalized spacial score (nSPS) is 20.0. The third-order valence-corrected chi connectivity index (χ3v) is 3.72. The maximum Gasteiger partial charge on any atom is 0.242 e. The molecule has 17 heavy (non-hydrogen) atoms. The molecule has 92 valence electrons. The molecule has 1 fully saturated rings. The van der Waals surface area contributed by atoms with E-state index < -0.39 is 5.82 Å². The molecule has 3 nitrogen and oxygen atoms in total. The first-order chi connectivity index (χ1) is 8.16. The lowest BCUT2D eigenvalue weighted by molar-refractivity contribution is -0.117. The van der Waals surface area contributed by atoms with Crippen LogP contribution in [0.5, 0.6) is 0 Å². The van der Waals surface area contributed by atoms with Crippen LogP contribution in [0.2, 0.25) is 5.02 Å². The highest BCUT2D eigenvalue weighted by Crippen LogP contribution is 2.19. The van der Waals surface area contributed by atoms with Crippen molar-refractivity contribution >= 4 is 35.0 Å². The van der Waals surface area contributed by atoms with E-state index in [1.165, 1.54) is 12.1 Å². The lowest BCUT2D eigenvalue weighted by Gasteiger charge is -2.22. The molecule has 1 aliphatic rings. The Kier molecular flexibility index (Phi) is 4.25. The molecule has 0 spiro atoms. The molecule has 0 saturated carbocycles. The molecule has 0 aromatic heterocycles. The number of carbonyl (C=O) groups excluding carboxylic acids is 1. The number of anilines is 1. The van der Waals surface area contributed by atoms with Crippen molar-refractivity contribution in [3.63, 3.8) is 0 Å². The van der Waals surface area contributed by atoms with E-state index in [4.69, 9.17) is 11.6 Å². The summed E-state index contributed by atoms with van der Waals surface area (Å²) in [5.74, 6) is 0.980. The standard InChI is InChI=1S/C11H12ClFN2OS/c12-7-1-2-9(8(13)5-7)15-11(16)10-6-17-4-3-14-10/h1-2,5,10,14H,3-4,6H2,(H,15,16). The van der Waals surface area contributed by atoms with Gasteiger partial charge < -0.3 is 10.6 Å². The smallest absolute Gasteiger partial charge is 0.242 e. The number of hydrogen-bond acceptors (Lipinski definition) is 3. The quantitative estimate of drug-likeness (QED) is 0.868. The number of thioether (sulfide) groups is 1. The molecule has 6 heteroatoms. The van der Waals surface area contributed by atoms with Gasteiger partial charge in [-0.05, 0) is 18.2 Å². The first kappa shape index (κ1) is 12.7. The predicted molar refractivity (Wildman–Crippen MR) is 69.2 cm³/mol. The lowest BCUT2D eigenvalue weighted by atomic mass is 10.2. The summed E-state index contributed by atoms with van der Waals surface area (Å²) < 4.78 is 13.5. The van der Waals surface area contributed by atoms with Gasteiger partial charge in [0.05, 0.1) is 11.7 Å². The molecule has 1 unspecified atom stereocenters. The summed E-state index contributed by atoms with van der Waals surface area (Å²) in [6.07, 6.45) is 0. The van der Waals surface area contributed by atoms with Gasteiger partial charge in [-0.25, -0.2) is 4.39 Å². The highest BCUT2D eigenvalue weighted by molar-refractivity contribution is 7.99. The Hall–Kier alpha value is -0.780. The van der Waals surface area contributed by atoms with Crippen molar-refractivity contribution in [1.82, 2.24) is 5.32 Å². The van der Waals surface area contributed by atoms with Gasteiger partial charge in [0.25, 0.3) is 0 Å². The van der Waals surface area contributed by atoms with Crippen LogP contribution in [0.3, 0.4) is 0 Å². The summed E-state index contributed by atoms with van der Waals surface area (Å²) in [5.41, 5.74) is 0.164. The Morgan fingerprint density at radius 2 is 2.41 bits per heavy atom. The van der Waals surface area contributed by atoms with Crippen LogP contribution in [-0.2, 0) is 4.79 Å². The summed E-state index contributed by atoms with van der Waals surface area (Å²) in [5, 5.41) is 5.96. The van der Waals surface area contributed by atoms with Gasteiger partial charge in [0, 0.05) is 23.1 Å². The fourth-order valence-electron chi connectivity index (χ4n) is 1.54. The van der Waals surface area contributed by atoms with Gasteiger partial charge in [-0.1, -0.05) is 11.6 Å². The minimum atomic E-state index is -0.519. The molecular weight excluding hydrogens is 263 g/mol. The average Bonchev–Trinajstić information content (AvgIpc) is 2.34. The summed E-state index contributed by atoms with van der Waals surface area (Å²) in [7, 11) is 0. The number of halogens is 2. The number of nitrogens with one attached hydrogen (secondary N) is 2. The van der Waals surface area contributed by atoms with E-state index in [0.717, 1.165) is 12.3 Å². The van der Waals surface area contributed by atoms with Crippen LogP contribution in [-0.4, -0.2) is 30.0 Å². The van der Waals surface area contributed by atoms with Gasteiger partial charge >= 0.3 is 0 Å². The van der Waals surface area contributed by atoms with Crippen LogP contribution in [0.4, 0.5) is 10.1 Å². The molecule has 0 aliphatic carbocycles. The Labute approximate surface area is 108 Å². The molecule has 1 aliphatic heterocycles. The van der Waals surface area contributed by atoms with E-state index in [9.17, 15) is 9.18 Å². The van der Waals surface area contributed by atoms with E-state index in [1.54, 1.807) is 17.8 Å². The lowest BCUT2D eigenvalue weighted by Crippen LogP contribution is -2.46.